The number of carbonyl (C=O) groups excluding carboxylic acids is 2. The molecule has 0 radical (unpaired) electrons. The number of aliphatic imine (C=N–C) groups is 1. The van der Waals surface area contributed by atoms with E-state index in [2.05, 4.69) is 10.3 Å². The molecule has 6 nitrogen and oxygen atoms in total. The molecule has 0 saturated heterocycles. The van der Waals surface area contributed by atoms with E-state index in [0.717, 1.165) is 0 Å². The van der Waals surface area contributed by atoms with Gasteiger partial charge >= 0.3 is 6.09 Å². The van der Waals surface area contributed by atoms with Crippen LogP contribution in [0.2, 0.25) is 5.02 Å². The van der Waals surface area contributed by atoms with Gasteiger partial charge < -0.3 is 15.0 Å². The van der Waals surface area contributed by atoms with Crippen LogP contribution in [0.1, 0.15) is 31.9 Å². The highest BCUT2D eigenvalue weighted by molar-refractivity contribution is 6.32. The quantitative estimate of drug-likeness (QED) is 0.789. The number of anilines is 1. The standard InChI is InChI=1S/C22H23ClFN3O3/c1-22(2,3)30-21(29)25-10-11-27-18-9-8-14(23)12-16(18)20(26-13-19(27)28)15-6-4-5-7-17(15)24/h4-9,12H,10-11,13H2,1-3H3,(H,25,29). The van der Waals surface area contributed by atoms with Crippen molar-refractivity contribution in [2.24, 2.45) is 4.99 Å². The van der Waals surface area contributed by atoms with Crippen molar-refractivity contribution in [2.45, 2.75) is 26.4 Å². The Morgan fingerprint density at radius 3 is 2.67 bits per heavy atom. The van der Waals surface area contributed by atoms with Crippen LogP contribution in [0.4, 0.5) is 14.9 Å². The van der Waals surface area contributed by atoms with E-state index in [4.69, 9.17) is 16.3 Å². The van der Waals surface area contributed by atoms with E-state index in [1.54, 1.807) is 57.2 Å². The average molecular weight is 432 g/mol. The fourth-order valence-electron chi connectivity index (χ4n) is 3.10. The number of nitrogens with zero attached hydrogens (tertiary/aromatic N) is 2. The zero-order valence-corrected chi connectivity index (χ0v) is 17.8. The molecule has 2 aromatic carbocycles. The second-order valence-electron chi connectivity index (χ2n) is 7.78. The highest BCUT2D eigenvalue weighted by atomic mass is 35.5. The van der Waals surface area contributed by atoms with Gasteiger partial charge in [0.25, 0.3) is 0 Å². The Bertz CT molecular complexity index is 1000. The van der Waals surface area contributed by atoms with Gasteiger partial charge in [0.2, 0.25) is 5.91 Å². The summed E-state index contributed by atoms with van der Waals surface area (Å²) < 4.78 is 19.7. The fraction of sp³-hybridized carbons (Fsp3) is 0.318. The number of fused-ring (bicyclic) bond motifs is 1. The Labute approximate surface area is 179 Å². The fourth-order valence-corrected chi connectivity index (χ4v) is 3.27. The molecule has 0 bridgehead atoms. The summed E-state index contributed by atoms with van der Waals surface area (Å²) in [6.07, 6.45) is -0.565. The van der Waals surface area contributed by atoms with Gasteiger partial charge in [0.05, 0.1) is 11.4 Å². The molecule has 0 unspecified atom stereocenters. The van der Waals surface area contributed by atoms with Crippen molar-refractivity contribution in [3.8, 4) is 0 Å². The van der Waals surface area contributed by atoms with E-state index in [1.807, 2.05) is 0 Å². The van der Waals surface area contributed by atoms with E-state index < -0.39 is 17.5 Å². The molecule has 3 rings (SSSR count). The van der Waals surface area contributed by atoms with Crippen molar-refractivity contribution in [3.05, 3.63) is 64.4 Å². The summed E-state index contributed by atoms with van der Waals surface area (Å²) in [6.45, 7) is 5.54. The van der Waals surface area contributed by atoms with Crippen LogP contribution in [0.5, 0.6) is 0 Å². The lowest BCUT2D eigenvalue weighted by Crippen LogP contribution is -2.41. The highest BCUT2D eigenvalue weighted by Crippen LogP contribution is 2.30. The maximum atomic E-state index is 14.4. The number of ether oxygens (including phenoxy) is 1. The molecule has 2 aromatic rings. The van der Waals surface area contributed by atoms with Crippen molar-refractivity contribution in [2.75, 3.05) is 24.5 Å². The number of benzodiazepines with no additional fused rings is 1. The molecular weight excluding hydrogens is 409 g/mol. The number of hydrogen-bond donors (Lipinski definition) is 1. The topological polar surface area (TPSA) is 71.0 Å². The predicted molar refractivity (Wildman–Crippen MR) is 115 cm³/mol. The van der Waals surface area contributed by atoms with Crippen molar-refractivity contribution in [1.82, 2.24) is 5.32 Å². The van der Waals surface area contributed by atoms with Gasteiger partial charge in [-0.25, -0.2) is 9.18 Å². The van der Waals surface area contributed by atoms with E-state index in [1.165, 1.54) is 11.0 Å². The molecule has 0 saturated carbocycles. The van der Waals surface area contributed by atoms with Crippen LogP contribution in [0.15, 0.2) is 47.5 Å². The lowest BCUT2D eigenvalue weighted by Gasteiger charge is -2.24. The first-order valence-electron chi connectivity index (χ1n) is 9.52. The van der Waals surface area contributed by atoms with Crippen molar-refractivity contribution in [3.63, 3.8) is 0 Å². The molecule has 8 heteroatoms. The number of alkyl carbamates (subject to hydrolysis) is 1. The second-order valence-corrected chi connectivity index (χ2v) is 8.22. The third-order valence-corrected chi connectivity index (χ3v) is 4.55. The Hall–Kier alpha value is -2.93. The summed E-state index contributed by atoms with van der Waals surface area (Å²) in [5.74, 6) is -0.703. The van der Waals surface area contributed by atoms with Crippen LogP contribution < -0.4 is 10.2 Å². The van der Waals surface area contributed by atoms with Gasteiger partial charge in [0.1, 0.15) is 18.0 Å². The zero-order chi connectivity index (χ0) is 21.9. The first-order valence-corrected chi connectivity index (χ1v) is 9.90. The largest absolute Gasteiger partial charge is 0.444 e. The number of halogens is 2. The van der Waals surface area contributed by atoms with Crippen molar-refractivity contribution >= 4 is 35.0 Å². The summed E-state index contributed by atoms with van der Waals surface area (Å²) in [5.41, 5.74) is 1.14. The lowest BCUT2D eigenvalue weighted by atomic mass is 9.99. The smallest absolute Gasteiger partial charge is 0.407 e. The Balaban J connectivity index is 1.88. The molecule has 0 aliphatic carbocycles. The van der Waals surface area contributed by atoms with Gasteiger partial charge in [-0.2, -0.15) is 0 Å². The molecule has 1 N–H and O–H groups in total. The maximum absolute atomic E-state index is 14.4. The number of hydrogen-bond acceptors (Lipinski definition) is 4. The molecule has 1 aliphatic rings. The third kappa shape index (κ3) is 5.16. The maximum Gasteiger partial charge on any atom is 0.407 e. The van der Waals surface area contributed by atoms with Crippen molar-refractivity contribution < 1.29 is 18.7 Å². The second kappa shape index (κ2) is 8.83. The summed E-state index contributed by atoms with van der Waals surface area (Å²) in [4.78, 5) is 30.6. The number of nitrogens with one attached hydrogen (secondary N) is 1. The minimum atomic E-state index is -0.617. The first-order chi connectivity index (χ1) is 14.2. The molecule has 0 fully saturated rings. The molecule has 1 heterocycles. The van der Waals surface area contributed by atoms with Gasteiger partial charge in [-0.15, -0.1) is 0 Å². The summed E-state index contributed by atoms with van der Waals surface area (Å²) in [5, 5.41) is 3.09. The molecule has 0 aromatic heterocycles. The monoisotopic (exact) mass is 431 g/mol. The summed E-state index contributed by atoms with van der Waals surface area (Å²) >= 11 is 6.19. The minimum Gasteiger partial charge on any atom is -0.444 e. The normalized spacial score (nSPS) is 14.0. The van der Waals surface area contributed by atoms with E-state index in [9.17, 15) is 14.0 Å². The van der Waals surface area contributed by atoms with Crippen LogP contribution in [0.25, 0.3) is 0 Å². The third-order valence-electron chi connectivity index (χ3n) is 4.31. The van der Waals surface area contributed by atoms with E-state index in [0.29, 0.717) is 27.5 Å². The van der Waals surface area contributed by atoms with Crippen LogP contribution in [0.3, 0.4) is 0 Å². The van der Waals surface area contributed by atoms with E-state index >= 15 is 0 Å². The molecule has 158 valence electrons. The zero-order valence-electron chi connectivity index (χ0n) is 17.0. The summed E-state index contributed by atoms with van der Waals surface area (Å²) in [6, 6.07) is 11.3. The van der Waals surface area contributed by atoms with Crippen LogP contribution in [-0.2, 0) is 9.53 Å². The first kappa shape index (κ1) is 21.8. The molecule has 0 atom stereocenters. The van der Waals surface area contributed by atoms with Gasteiger partial charge in [0.15, 0.2) is 0 Å². The number of benzene rings is 2. The highest BCUT2D eigenvalue weighted by Gasteiger charge is 2.26. The van der Waals surface area contributed by atoms with Crippen LogP contribution >= 0.6 is 11.6 Å². The van der Waals surface area contributed by atoms with Crippen LogP contribution in [0, 0.1) is 5.82 Å². The molecule has 2 amide bonds. The number of rotatable bonds is 4. The van der Waals surface area contributed by atoms with Crippen LogP contribution in [-0.4, -0.2) is 42.9 Å². The number of carbonyl (C=O) groups is 2. The molecule has 0 spiro atoms. The SMILES string of the molecule is CC(C)(C)OC(=O)NCCN1C(=O)CN=C(c2ccccc2F)c2cc(Cl)ccc21. The van der Waals surface area contributed by atoms with Gasteiger partial charge in [0, 0.05) is 29.2 Å². The Morgan fingerprint density at radius 2 is 1.97 bits per heavy atom. The molecule has 1 aliphatic heterocycles. The molecule has 30 heavy (non-hydrogen) atoms. The van der Waals surface area contributed by atoms with Gasteiger partial charge in [-0.3, -0.25) is 9.79 Å². The number of amides is 2. The lowest BCUT2D eigenvalue weighted by molar-refractivity contribution is -0.117. The average Bonchev–Trinajstić information content (AvgIpc) is 2.78. The predicted octanol–water partition coefficient (Wildman–Crippen LogP) is 4.19. The van der Waals surface area contributed by atoms with Gasteiger partial charge in [-0.1, -0.05) is 23.7 Å². The van der Waals surface area contributed by atoms with E-state index in [-0.39, 0.29) is 25.5 Å². The minimum absolute atomic E-state index is 0.150. The summed E-state index contributed by atoms with van der Waals surface area (Å²) in [7, 11) is 0. The Morgan fingerprint density at radius 1 is 1.23 bits per heavy atom. The Kier molecular flexibility index (Phi) is 6.41. The molecular formula is C22H23ClFN3O3. The van der Waals surface area contributed by atoms with Gasteiger partial charge in [-0.05, 0) is 51.1 Å². The van der Waals surface area contributed by atoms with Crippen molar-refractivity contribution in [1.29, 1.82) is 0 Å².